The van der Waals surface area contributed by atoms with Crippen LogP contribution in [0.2, 0.25) is 0 Å². The molecule has 0 bridgehead atoms. The van der Waals surface area contributed by atoms with Crippen molar-refractivity contribution in [3.63, 3.8) is 0 Å². The van der Waals surface area contributed by atoms with Crippen molar-refractivity contribution in [2.75, 3.05) is 11.5 Å². The molecule has 1 saturated heterocycles. The van der Waals surface area contributed by atoms with Gasteiger partial charge < -0.3 is 5.32 Å². The van der Waals surface area contributed by atoms with Gasteiger partial charge in [0.15, 0.2) is 5.78 Å². The molecule has 1 aliphatic rings. The van der Waals surface area contributed by atoms with E-state index in [0.29, 0.717) is 18.8 Å². The highest BCUT2D eigenvalue weighted by atomic mass is 32.2. The maximum atomic E-state index is 12.7. The lowest BCUT2D eigenvalue weighted by molar-refractivity contribution is -0.129. The molecule has 0 aliphatic carbocycles. The molecule has 1 fully saturated rings. The fraction of sp³-hybridized carbons (Fsp3) is 0.938. The summed E-state index contributed by atoms with van der Waals surface area (Å²) in [6, 6.07) is -0.198. The number of hydrogen-bond donors (Lipinski definition) is 1. The summed E-state index contributed by atoms with van der Waals surface area (Å²) in [7, 11) is -2.84. The highest BCUT2D eigenvalue weighted by Crippen LogP contribution is 2.27. The average molecular weight is 317 g/mol. The monoisotopic (exact) mass is 317 g/mol. The van der Waals surface area contributed by atoms with Gasteiger partial charge in [0, 0.05) is 11.0 Å². The topological polar surface area (TPSA) is 63.2 Å². The zero-order valence-corrected chi connectivity index (χ0v) is 15.1. The smallest absolute Gasteiger partial charge is 0.155 e. The highest BCUT2D eigenvalue weighted by Gasteiger charge is 2.35. The van der Waals surface area contributed by atoms with Crippen molar-refractivity contribution < 1.29 is 13.2 Å². The number of Topliss-reactive ketones (excluding diaryl/α,β-unsaturated/α-hetero) is 1. The van der Waals surface area contributed by atoms with E-state index in [9.17, 15) is 13.2 Å². The number of ketones is 1. The number of rotatable bonds is 4. The van der Waals surface area contributed by atoms with Gasteiger partial charge in [-0.05, 0) is 46.0 Å². The lowest BCUT2D eigenvalue weighted by Gasteiger charge is -2.34. The van der Waals surface area contributed by atoms with Crippen LogP contribution in [0.1, 0.15) is 60.8 Å². The highest BCUT2D eigenvalue weighted by molar-refractivity contribution is 7.91. The van der Waals surface area contributed by atoms with Gasteiger partial charge in [-0.3, -0.25) is 4.79 Å². The lowest BCUT2D eigenvalue weighted by atomic mass is 9.81. The first-order chi connectivity index (χ1) is 9.30. The minimum Gasteiger partial charge on any atom is -0.303 e. The van der Waals surface area contributed by atoms with Gasteiger partial charge in [-0.1, -0.05) is 20.8 Å². The molecule has 0 spiro atoms. The van der Waals surface area contributed by atoms with Crippen LogP contribution < -0.4 is 5.32 Å². The summed E-state index contributed by atoms with van der Waals surface area (Å²) in [6.07, 6.45) is 2.10. The second kappa shape index (κ2) is 6.37. The molecule has 0 radical (unpaired) electrons. The minimum absolute atomic E-state index is 0.133. The molecule has 0 aromatic carbocycles. The fourth-order valence-electron chi connectivity index (χ4n) is 2.78. The quantitative estimate of drug-likeness (QED) is 0.865. The first-order valence-electron chi connectivity index (χ1n) is 7.83. The lowest BCUT2D eigenvalue weighted by Crippen LogP contribution is -2.51. The molecule has 4 nitrogen and oxygen atoms in total. The van der Waals surface area contributed by atoms with Crippen molar-refractivity contribution in [2.24, 2.45) is 11.3 Å². The Bertz CT molecular complexity index is 455. The molecule has 0 saturated carbocycles. The predicted molar refractivity (Wildman–Crippen MR) is 87.1 cm³/mol. The molecule has 21 heavy (non-hydrogen) atoms. The third-order valence-corrected chi connectivity index (χ3v) is 5.62. The Morgan fingerprint density at radius 1 is 1.10 bits per heavy atom. The fourth-order valence-corrected chi connectivity index (χ4v) is 4.37. The molecule has 0 aromatic rings. The van der Waals surface area contributed by atoms with E-state index < -0.39 is 9.84 Å². The number of sulfone groups is 1. The van der Waals surface area contributed by atoms with E-state index in [-0.39, 0.29) is 34.3 Å². The number of hydrogen-bond acceptors (Lipinski definition) is 4. The Morgan fingerprint density at radius 3 is 1.95 bits per heavy atom. The molecular weight excluding hydrogens is 286 g/mol. The third kappa shape index (κ3) is 6.47. The summed E-state index contributed by atoms with van der Waals surface area (Å²) in [4.78, 5) is 12.7. The second-order valence-electron chi connectivity index (χ2n) is 8.39. The van der Waals surface area contributed by atoms with Crippen LogP contribution in [-0.4, -0.2) is 37.3 Å². The maximum Gasteiger partial charge on any atom is 0.155 e. The molecule has 0 amide bonds. The Kier molecular flexibility index (Phi) is 5.65. The number of nitrogens with one attached hydrogen (secondary N) is 1. The number of carbonyl (C=O) groups excluding carboxylic acids is 1. The summed E-state index contributed by atoms with van der Waals surface area (Å²) in [5.41, 5.74) is -0.518. The summed E-state index contributed by atoms with van der Waals surface area (Å²) < 4.78 is 23.0. The summed E-state index contributed by atoms with van der Waals surface area (Å²) in [5, 5.41) is 3.43. The second-order valence-corrected chi connectivity index (χ2v) is 10.7. The van der Waals surface area contributed by atoms with E-state index in [4.69, 9.17) is 0 Å². The molecule has 1 rings (SSSR count). The van der Waals surface area contributed by atoms with Crippen molar-refractivity contribution in [1.29, 1.82) is 0 Å². The molecule has 1 unspecified atom stereocenters. The summed E-state index contributed by atoms with van der Waals surface area (Å²) in [5.74, 6) is 1.07. The largest absolute Gasteiger partial charge is 0.303 e. The summed E-state index contributed by atoms with van der Waals surface area (Å²) >= 11 is 0. The van der Waals surface area contributed by atoms with Crippen LogP contribution in [0.3, 0.4) is 0 Å². The maximum absolute atomic E-state index is 12.7. The third-order valence-electron chi connectivity index (χ3n) is 3.91. The normalized spacial score (nSPS) is 22.0. The molecule has 0 aromatic heterocycles. The minimum atomic E-state index is -2.84. The van der Waals surface area contributed by atoms with E-state index in [0.717, 1.165) is 6.42 Å². The SMILES string of the molecule is CC(C)(C)NC(CC1CCS(=O)(=O)CC1)C(=O)C(C)(C)C. The van der Waals surface area contributed by atoms with Gasteiger partial charge in [0.2, 0.25) is 0 Å². The van der Waals surface area contributed by atoms with Gasteiger partial charge in [-0.15, -0.1) is 0 Å². The summed E-state index contributed by atoms with van der Waals surface area (Å²) in [6.45, 7) is 12.0. The first-order valence-corrected chi connectivity index (χ1v) is 9.65. The van der Waals surface area contributed by atoms with Gasteiger partial charge >= 0.3 is 0 Å². The number of carbonyl (C=O) groups is 1. The zero-order valence-electron chi connectivity index (χ0n) is 14.3. The molecule has 5 heteroatoms. The van der Waals surface area contributed by atoms with E-state index in [1.807, 2.05) is 20.8 Å². The van der Waals surface area contributed by atoms with Gasteiger partial charge in [0.1, 0.15) is 9.84 Å². The Labute approximate surface area is 130 Å². The van der Waals surface area contributed by atoms with Gasteiger partial charge in [0.05, 0.1) is 17.5 Å². The zero-order chi connectivity index (χ0) is 16.5. The van der Waals surface area contributed by atoms with Crippen LogP contribution in [0.5, 0.6) is 0 Å². The van der Waals surface area contributed by atoms with E-state index in [2.05, 4.69) is 26.1 Å². The van der Waals surface area contributed by atoms with Crippen LogP contribution in [0, 0.1) is 11.3 Å². The van der Waals surface area contributed by atoms with Crippen molar-refractivity contribution >= 4 is 15.6 Å². The predicted octanol–water partition coefficient (Wildman–Crippen LogP) is 2.57. The van der Waals surface area contributed by atoms with Crippen LogP contribution >= 0.6 is 0 Å². The van der Waals surface area contributed by atoms with Crippen molar-refractivity contribution in [3.8, 4) is 0 Å². The Hall–Kier alpha value is -0.420. The first kappa shape index (κ1) is 18.6. The molecule has 124 valence electrons. The van der Waals surface area contributed by atoms with Crippen LogP contribution in [0.15, 0.2) is 0 Å². The standard InChI is InChI=1S/C16H31NO3S/c1-15(2,3)14(18)13(17-16(4,5)6)11-12-7-9-21(19,20)10-8-12/h12-13,17H,7-11H2,1-6H3. The van der Waals surface area contributed by atoms with Crippen LogP contribution in [0.4, 0.5) is 0 Å². The van der Waals surface area contributed by atoms with Gasteiger partial charge in [-0.2, -0.15) is 0 Å². The molecule has 1 aliphatic heterocycles. The Balaban J connectivity index is 2.77. The van der Waals surface area contributed by atoms with Crippen LogP contribution in [0.25, 0.3) is 0 Å². The van der Waals surface area contributed by atoms with E-state index in [1.165, 1.54) is 0 Å². The van der Waals surface area contributed by atoms with E-state index >= 15 is 0 Å². The van der Waals surface area contributed by atoms with E-state index in [1.54, 1.807) is 0 Å². The van der Waals surface area contributed by atoms with Gasteiger partial charge in [0.25, 0.3) is 0 Å². The van der Waals surface area contributed by atoms with Gasteiger partial charge in [-0.25, -0.2) is 8.42 Å². The van der Waals surface area contributed by atoms with Crippen molar-refractivity contribution in [1.82, 2.24) is 5.32 Å². The van der Waals surface area contributed by atoms with Crippen LogP contribution in [-0.2, 0) is 14.6 Å². The molecular formula is C16H31NO3S. The van der Waals surface area contributed by atoms with Crippen molar-refractivity contribution in [3.05, 3.63) is 0 Å². The molecule has 1 N–H and O–H groups in total. The Morgan fingerprint density at radius 2 is 1.57 bits per heavy atom. The molecule has 1 heterocycles. The average Bonchev–Trinajstić information content (AvgIpc) is 2.27. The van der Waals surface area contributed by atoms with Crippen molar-refractivity contribution in [2.45, 2.75) is 72.4 Å². The molecule has 1 atom stereocenters.